The highest BCUT2D eigenvalue weighted by atomic mass is 14.1. The predicted octanol–water partition coefficient (Wildman–Crippen LogP) is 6.48. The van der Waals surface area contributed by atoms with E-state index in [2.05, 4.69) is 97.9 Å². The second-order valence-corrected chi connectivity index (χ2v) is 5.94. The monoisotopic (exact) mass is 294 g/mol. The second kappa shape index (κ2) is 5.73. The maximum Gasteiger partial charge on any atom is -0.00268 e. The molecule has 0 aliphatic heterocycles. The van der Waals surface area contributed by atoms with Gasteiger partial charge in [-0.1, -0.05) is 96.6 Å². The third kappa shape index (κ3) is 2.53. The SMILES string of the molecule is Cc1ccc(-c2ccc3ccccc3c2-c2ccccc2)cc1. The van der Waals surface area contributed by atoms with Crippen molar-refractivity contribution in [2.75, 3.05) is 0 Å². The highest BCUT2D eigenvalue weighted by Gasteiger charge is 2.11. The summed E-state index contributed by atoms with van der Waals surface area (Å²) in [6, 6.07) is 32.5. The van der Waals surface area contributed by atoms with E-state index in [4.69, 9.17) is 0 Å². The molecule has 0 aliphatic carbocycles. The molecule has 0 radical (unpaired) electrons. The van der Waals surface area contributed by atoms with E-state index in [1.165, 1.54) is 38.6 Å². The van der Waals surface area contributed by atoms with Crippen molar-refractivity contribution in [2.24, 2.45) is 0 Å². The molecular weight excluding hydrogens is 276 g/mol. The molecule has 0 atom stereocenters. The van der Waals surface area contributed by atoms with Crippen LogP contribution < -0.4 is 0 Å². The van der Waals surface area contributed by atoms with Gasteiger partial charge in [0.15, 0.2) is 0 Å². The lowest BCUT2D eigenvalue weighted by atomic mass is 9.89. The van der Waals surface area contributed by atoms with Crippen LogP contribution in [0.4, 0.5) is 0 Å². The molecule has 0 aliphatic rings. The maximum absolute atomic E-state index is 2.25. The lowest BCUT2D eigenvalue weighted by Crippen LogP contribution is -1.88. The summed E-state index contributed by atoms with van der Waals surface area (Å²) in [6.45, 7) is 2.13. The van der Waals surface area contributed by atoms with Crippen molar-refractivity contribution in [3.05, 3.63) is 96.6 Å². The Kier molecular flexibility index (Phi) is 3.44. The van der Waals surface area contributed by atoms with Crippen LogP contribution in [0.25, 0.3) is 33.0 Å². The molecule has 23 heavy (non-hydrogen) atoms. The van der Waals surface area contributed by atoms with Gasteiger partial charge in [0.2, 0.25) is 0 Å². The van der Waals surface area contributed by atoms with Gasteiger partial charge in [-0.2, -0.15) is 0 Å². The van der Waals surface area contributed by atoms with Gasteiger partial charge in [0.1, 0.15) is 0 Å². The summed E-state index contributed by atoms with van der Waals surface area (Å²) < 4.78 is 0. The molecule has 4 aromatic rings. The lowest BCUT2D eigenvalue weighted by Gasteiger charge is -2.14. The molecule has 110 valence electrons. The van der Waals surface area contributed by atoms with Gasteiger partial charge in [-0.3, -0.25) is 0 Å². The van der Waals surface area contributed by atoms with Crippen LogP contribution in [-0.4, -0.2) is 0 Å². The molecule has 0 spiro atoms. The van der Waals surface area contributed by atoms with E-state index in [0.717, 1.165) is 0 Å². The molecule has 0 fully saturated rings. The van der Waals surface area contributed by atoms with Crippen LogP contribution in [0.15, 0.2) is 91.0 Å². The summed E-state index contributed by atoms with van der Waals surface area (Å²) in [6.07, 6.45) is 0. The van der Waals surface area contributed by atoms with Crippen LogP contribution >= 0.6 is 0 Å². The van der Waals surface area contributed by atoms with E-state index in [-0.39, 0.29) is 0 Å². The van der Waals surface area contributed by atoms with E-state index >= 15 is 0 Å². The van der Waals surface area contributed by atoms with Crippen LogP contribution in [0, 0.1) is 6.92 Å². The molecule has 0 saturated carbocycles. The van der Waals surface area contributed by atoms with Crippen molar-refractivity contribution in [1.82, 2.24) is 0 Å². The van der Waals surface area contributed by atoms with E-state index in [9.17, 15) is 0 Å². The van der Waals surface area contributed by atoms with Crippen molar-refractivity contribution < 1.29 is 0 Å². The summed E-state index contributed by atoms with van der Waals surface area (Å²) in [4.78, 5) is 0. The molecule has 0 aromatic heterocycles. The minimum Gasteiger partial charge on any atom is -0.0622 e. The number of fused-ring (bicyclic) bond motifs is 1. The van der Waals surface area contributed by atoms with Gasteiger partial charge >= 0.3 is 0 Å². The van der Waals surface area contributed by atoms with Gasteiger partial charge in [-0.15, -0.1) is 0 Å². The zero-order chi connectivity index (χ0) is 15.6. The standard InChI is InChI=1S/C23H18/c1-17-11-13-19(14-12-17)22-16-15-18-7-5-6-10-21(18)23(22)20-8-3-2-4-9-20/h2-16H,1H3. The minimum absolute atomic E-state index is 1.26. The molecule has 0 unspecified atom stereocenters. The molecule has 0 bridgehead atoms. The first kappa shape index (κ1) is 13.8. The predicted molar refractivity (Wildman–Crippen MR) is 99.6 cm³/mol. The molecular formula is C23H18. The van der Waals surface area contributed by atoms with Gasteiger partial charge in [0.05, 0.1) is 0 Å². The van der Waals surface area contributed by atoms with Crippen molar-refractivity contribution >= 4 is 10.8 Å². The smallest absolute Gasteiger partial charge is 0.00268 e. The van der Waals surface area contributed by atoms with E-state index in [0.29, 0.717) is 0 Å². The van der Waals surface area contributed by atoms with Crippen LogP contribution in [0.5, 0.6) is 0 Å². The summed E-state index contributed by atoms with van der Waals surface area (Å²) in [5, 5.41) is 2.58. The van der Waals surface area contributed by atoms with Gasteiger partial charge in [-0.05, 0) is 39.9 Å². The lowest BCUT2D eigenvalue weighted by molar-refractivity contribution is 1.47. The molecule has 0 nitrogen and oxygen atoms in total. The molecule has 0 amide bonds. The number of hydrogen-bond acceptors (Lipinski definition) is 0. The Morgan fingerprint density at radius 2 is 1.22 bits per heavy atom. The fourth-order valence-corrected chi connectivity index (χ4v) is 3.16. The Morgan fingerprint density at radius 1 is 0.522 bits per heavy atom. The average Bonchev–Trinajstić information content (AvgIpc) is 2.62. The molecule has 0 N–H and O–H groups in total. The highest BCUT2D eigenvalue weighted by molar-refractivity contribution is 6.04. The zero-order valence-corrected chi connectivity index (χ0v) is 13.2. The van der Waals surface area contributed by atoms with Gasteiger partial charge in [0.25, 0.3) is 0 Å². The van der Waals surface area contributed by atoms with Crippen molar-refractivity contribution in [2.45, 2.75) is 6.92 Å². The van der Waals surface area contributed by atoms with E-state index in [1.807, 2.05) is 0 Å². The summed E-state index contributed by atoms with van der Waals surface area (Å²) in [7, 11) is 0. The van der Waals surface area contributed by atoms with E-state index < -0.39 is 0 Å². The van der Waals surface area contributed by atoms with Crippen LogP contribution in [0.1, 0.15) is 5.56 Å². The third-order valence-electron chi connectivity index (χ3n) is 4.35. The Labute approximate surface area is 137 Å². The van der Waals surface area contributed by atoms with Gasteiger partial charge < -0.3 is 0 Å². The summed E-state index contributed by atoms with van der Waals surface area (Å²) in [5.74, 6) is 0. The second-order valence-electron chi connectivity index (χ2n) is 5.94. The topological polar surface area (TPSA) is 0 Å². The molecule has 0 heteroatoms. The maximum atomic E-state index is 2.25. The molecule has 0 saturated heterocycles. The normalized spacial score (nSPS) is 10.8. The number of benzene rings is 4. The number of rotatable bonds is 2. The first-order valence-corrected chi connectivity index (χ1v) is 7.97. The Bertz CT molecular complexity index is 948. The summed E-state index contributed by atoms with van der Waals surface area (Å²) in [5.41, 5.74) is 6.42. The fraction of sp³-hybridized carbons (Fsp3) is 0.0435. The van der Waals surface area contributed by atoms with Crippen molar-refractivity contribution in [3.63, 3.8) is 0 Å². The highest BCUT2D eigenvalue weighted by Crippen LogP contribution is 2.38. The Hall–Kier alpha value is -2.86. The van der Waals surface area contributed by atoms with Crippen molar-refractivity contribution in [1.29, 1.82) is 0 Å². The number of aryl methyl sites for hydroxylation is 1. The van der Waals surface area contributed by atoms with Gasteiger partial charge in [0, 0.05) is 0 Å². The third-order valence-corrected chi connectivity index (χ3v) is 4.35. The van der Waals surface area contributed by atoms with E-state index in [1.54, 1.807) is 0 Å². The van der Waals surface area contributed by atoms with Crippen molar-refractivity contribution in [3.8, 4) is 22.3 Å². The fourth-order valence-electron chi connectivity index (χ4n) is 3.16. The summed E-state index contributed by atoms with van der Waals surface area (Å²) >= 11 is 0. The Balaban J connectivity index is 2.06. The zero-order valence-electron chi connectivity index (χ0n) is 13.2. The first-order chi connectivity index (χ1) is 11.3. The quantitative estimate of drug-likeness (QED) is 0.397. The molecule has 4 aromatic carbocycles. The average molecular weight is 294 g/mol. The first-order valence-electron chi connectivity index (χ1n) is 7.97. The largest absolute Gasteiger partial charge is 0.0622 e. The van der Waals surface area contributed by atoms with Crippen LogP contribution in [-0.2, 0) is 0 Å². The molecule has 4 rings (SSSR count). The number of hydrogen-bond donors (Lipinski definition) is 0. The van der Waals surface area contributed by atoms with Crippen LogP contribution in [0.3, 0.4) is 0 Å². The molecule has 0 heterocycles. The van der Waals surface area contributed by atoms with Gasteiger partial charge in [-0.25, -0.2) is 0 Å². The minimum atomic E-state index is 1.26. The Morgan fingerprint density at radius 3 is 2.00 bits per heavy atom. The van der Waals surface area contributed by atoms with Crippen LogP contribution in [0.2, 0.25) is 0 Å².